The maximum Gasteiger partial charge on any atom is 0.464 e. The zero-order valence-electron chi connectivity index (χ0n) is 13.5. The number of halogens is 2. The highest BCUT2D eigenvalue weighted by atomic mass is 35.5. The van der Waals surface area contributed by atoms with Crippen LogP contribution in [0.3, 0.4) is 0 Å². The first-order valence-electron chi connectivity index (χ1n) is 7.91. The maximum atomic E-state index is 6.40. The summed E-state index contributed by atoms with van der Waals surface area (Å²) in [6.07, 6.45) is 3.17. The van der Waals surface area contributed by atoms with E-state index in [-0.39, 0.29) is 29.0 Å². The Bertz CT molecular complexity index is 600. The minimum absolute atomic E-state index is 0.111. The fourth-order valence-electron chi connectivity index (χ4n) is 4.48. The van der Waals surface area contributed by atoms with Gasteiger partial charge in [-0.05, 0) is 70.1 Å². The van der Waals surface area contributed by atoms with Crippen LogP contribution < -0.4 is 0 Å². The molecule has 0 atom stereocenters. The molecule has 4 aliphatic rings. The number of benzene rings is 1. The third-order valence-electron chi connectivity index (χ3n) is 6.32. The molecule has 3 aliphatic carbocycles. The van der Waals surface area contributed by atoms with Gasteiger partial charge in [0.2, 0.25) is 0 Å². The molecule has 0 amide bonds. The predicted octanol–water partition coefficient (Wildman–Crippen LogP) is 5.26. The van der Waals surface area contributed by atoms with Crippen LogP contribution in [0.25, 0.3) is 0 Å². The molecule has 1 aromatic carbocycles. The van der Waals surface area contributed by atoms with Crippen molar-refractivity contribution in [3.05, 3.63) is 33.8 Å². The first-order valence-corrected chi connectivity index (χ1v) is 8.67. The standard InChI is InChI=1S/C17H21BCl2O2/c1-14(2)15(3,4)22-18(21-14)17-8-16(9-17,10-17)13-11(19)6-5-7-12(13)20/h5-7H,8-10H2,1-4H3. The Kier molecular flexibility index (Phi) is 2.96. The Morgan fingerprint density at radius 2 is 1.36 bits per heavy atom. The van der Waals surface area contributed by atoms with Gasteiger partial charge in [-0.2, -0.15) is 0 Å². The molecule has 118 valence electrons. The Morgan fingerprint density at radius 1 is 0.909 bits per heavy atom. The molecule has 0 aromatic heterocycles. The van der Waals surface area contributed by atoms with Gasteiger partial charge in [-0.15, -0.1) is 0 Å². The molecule has 0 spiro atoms. The van der Waals surface area contributed by atoms with Crippen LogP contribution in [0, 0.1) is 0 Å². The van der Waals surface area contributed by atoms with Crippen molar-refractivity contribution < 1.29 is 9.31 Å². The molecular formula is C17H21BCl2O2. The molecule has 2 bridgehead atoms. The van der Waals surface area contributed by atoms with Crippen molar-refractivity contribution in [1.82, 2.24) is 0 Å². The quantitative estimate of drug-likeness (QED) is 0.684. The lowest BCUT2D eigenvalue weighted by atomic mass is 9.23. The van der Waals surface area contributed by atoms with Crippen LogP contribution in [0.1, 0.15) is 52.5 Å². The zero-order chi connectivity index (χ0) is 16.0. The largest absolute Gasteiger partial charge is 0.464 e. The number of rotatable bonds is 2. The molecule has 5 heteroatoms. The summed E-state index contributed by atoms with van der Waals surface area (Å²) in [5.74, 6) is 0. The summed E-state index contributed by atoms with van der Waals surface area (Å²) >= 11 is 12.8. The van der Waals surface area contributed by atoms with Crippen LogP contribution in [-0.4, -0.2) is 18.3 Å². The fourth-order valence-corrected chi connectivity index (χ4v) is 5.28. The molecule has 4 fully saturated rings. The van der Waals surface area contributed by atoms with Crippen molar-refractivity contribution in [2.45, 2.75) is 68.9 Å². The van der Waals surface area contributed by atoms with Gasteiger partial charge in [-0.3, -0.25) is 0 Å². The van der Waals surface area contributed by atoms with E-state index >= 15 is 0 Å². The van der Waals surface area contributed by atoms with E-state index in [1.54, 1.807) is 0 Å². The van der Waals surface area contributed by atoms with Crippen LogP contribution in [-0.2, 0) is 14.7 Å². The first-order chi connectivity index (χ1) is 10.1. The first kappa shape index (κ1) is 15.3. The van der Waals surface area contributed by atoms with E-state index in [1.165, 1.54) is 0 Å². The zero-order valence-corrected chi connectivity index (χ0v) is 15.0. The molecule has 1 saturated heterocycles. The predicted molar refractivity (Wildman–Crippen MR) is 90.8 cm³/mol. The number of hydrogen-bond donors (Lipinski definition) is 0. The highest BCUT2D eigenvalue weighted by Crippen LogP contribution is 2.81. The van der Waals surface area contributed by atoms with Gasteiger partial charge in [0.1, 0.15) is 0 Å². The van der Waals surface area contributed by atoms with Crippen molar-refractivity contribution in [3.8, 4) is 0 Å². The van der Waals surface area contributed by atoms with E-state index in [1.807, 2.05) is 18.2 Å². The van der Waals surface area contributed by atoms with E-state index in [0.29, 0.717) is 0 Å². The third-order valence-corrected chi connectivity index (χ3v) is 6.95. The topological polar surface area (TPSA) is 18.5 Å². The van der Waals surface area contributed by atoms with Crippen molar-refractivity contribution in [1.29, 1.82) is 0 Å². The van der Waals surface area contributed by atoms with Crippen molar-refractivity contribution >= 4 is 30.3 Å². The van der Waals surface area contributed by atoms with Gasteiger partial charge in [-0.25, -0.2) is 0 Å². The van der Waals surface area contributed by atoms with Crippen LogP contribution >= 0.6 is 23.2 Å². The van der Waals surface area contributed by atoms with Gasteiger partial charge in [0, 0.05) is 15.4 Å². The Hall–Kier alpha value is -0.215. The second kappa shape index (κ2) is 4.24. The normalized spacial score (nSPS) is 37.6. The average molecular weight is 339 g/mol. The highest BCUT2D eigenvalue weighted by molar-refractivity contribution is 6.51. The number of hydrogen-bond acceptors (Lipinski definition) is 2. The van der Waals surface area contributed by atoms with E-state index in [9.17, 15) is 0 Å². The highest BCUT2D eigenvalue weighted by Gasteiger charge is 2.77. The summed E-state index contributed by atoms with van der Waals surface area (Å²) < 4.78 is 12.5. The molecule has 22 heavy (non-hydrogen) atoms. The maximum absolute atomic E-state index is 6.40. The van der Waals surface area contributed by atoms with Crippen LogP contribution in [0.2, 0.25) is 15.4 Å². The average Bonchev–Trinajstić information content (AvgIpc) is 2.48. The van der Waals surface area contributed by atoms with Crippen LogP contribution in [0.4, 0.5) is 0 Å². The monoisotopic (exact) mass is 338 g/mol. The smallest absolute Gasteiger partial charge is 0.403 e. The molecule has 5 rings (SSSR count). The lowest BCUT2D eigenvalue weighted by molar-refractivity contribution is -0.0382. The summed E-state index contributed by atoms with van der Waals surface area (Å²) in [5, 5.41) is 1.72. The van der Waals surface area contributed by atoms with Gasteiger partial charge < -0.3 is 9.31 Å². The lowest BCUT2D eigenvalue weighted by Crippen LogP contribution is -2.66. The second-order valence-corrected chi connectivity index (χ2v) is 9.17. The van der Waals surface area contributed by atoms with Gasteiger partial charge in [-0.1, -0.05) is 29.3 Å². The van der Waals surface area contributed by atoms with Gasteiger partial charge in [0.25, 0.3) is 0 Å². The summed E-state index contributed by atoms with van der Waals surface area (Å²) in [4.78, 5) is 0. The van der Waals surface area contributed by atoms with E-state index in [4.69, 9.17) is 32.5 Å². The molecule has 2 nitrogen and oxygen atoms in total. The lowest BCUT2D eigenvalue weighted by Gasteiger charge is -2.71. The molecule has 1 heterocycles. The van der Waals surface area contributed by atoms with Gasteiger partial charge in [0.15, 0.2) is 0 Å². The molecule has 0 unspecified atom stereocenters. The Morgan fingerprint density at radius 3 is 1.82 bits per heavy atom. The van der Waals surface area contributed by atoms with E-state index < -0.39 is 0 Å². The van der Waals surface area contributed by atoms with Gasteiger partial charge in [0.05, 0.1) is 11.2 Å². The van der Waals surface area contributed by atoms with Crippen molar-refractivity contribution in [3.63, 3.8) is 0 Å². The van der Waals surface area contributed by atoms with Crippen LogP contribution in [0.5, 0.6) is 0 Å². The summed E-state index contributed by atoms with van der Waals surface area (Å²) in [6, 6.07) is 5.78. The minimum Gasteiger partial charge on any atom is -0.403 e. The molecule has 0 radical (unpaired) electrons. The molecule has 1 aliphatic heterocycles. The fraction of sp³-hybridized carbons (Fsp3) is 0.647. The Labute approximate surface area is 142 Å². The SMILES string of the molecule is CC1(C)OB(C23CC(c4c(Cl)cccc4Cl)(C2)C3)OC1(C)C. The van der Waals surface area contributed by atoms with Gasteiger partial charge >= 0.3 is 7.12 Å². The molecular weight excluding hydrogens is 318 g/mol. The summed E-state index contributed by atoms with van der Waals surface area (Å²) in [7, 11) is -0.111. The van der Waals surface area contributed by atoms with E-state index in [0.717, 1.165) is 34.9 Å². The van der Waals surface area contributed by atoms with E-state index in [2.05, 4.69) is 27.7 Å². The summed E-state index contributed by atoms with van der Waals surface area (Å²) in [6.45, 7) is 8.44. The van der Waals surface area contributed by atoms with Crippen molar-refractivity contribution in [2.24, 2.45) is 0 Å². The third kappa shape index (κ3) is 1.77. The van der Waals surface area contributed by atoms with Crippen molar-refractivity contribution in [2.75, 3.05) is 0 Å². The second-order valence-electron chi connectivity index (χ2n) is 8.36. The van der Waals surface area contributed by atoms with Crippen LogP contribution in [0.15, 0.2) is 18.2 Å². The minimum atomic E-state index is -0.262. The molecule has 1 aromatic rings. The Balaban J connectivity index is 1.56. The summed E-state index contributed by atoms with van der Waals surface area (Å²) in [5.41, 5.74) is 0.737. The molecule has 3 saturated carbocycles. The molecule has 0 N–H and O–H groups in total.